The minimum Gasteiger partial charge on any atom is -0.383 e. The maximum absolute atomic E-state index is 12.5. The van der Waals surface area contributed by atoms with Crippen LogP contribution in [-0.4, -0.2) is 50.4 Å². The maximum atomic E-state index is 12.5. The summed E-state index contributed by atoms with van der Waals surface area (Å²) in [5.74, 6) is 0.474. The Morgan fingerprint density at radius 2 is 2.26 bits per heavy atom. The number of amides is 2. The predicted molar refractivity (Wildman–Crippen MR) is 78.3 cm³/mol. The van der Waals surface area contributed by atoms with Gasteiger partial charge in [-0.05, 0) is 18.6 Å². The number of halogens is 3. The average molecular weight is 332 g/mol. The Morgan fingerprint density at radius 3 is 2.87 bits per heavy atom. The molecule has 0 radical (unpaired) electrons. The van der Waals surface area contributed by atoms with Gasteiger partial charge >= 0.3 is 12.2 Å². The highest BCUT2D eigenvalue weighted by Gasteiger charge is 2.31. The first kappa shape index (κ1) is 17.3. The number of nitrogens with one attached hydrogen (secondary N) is 2. The zero-order chi connectivity index (χ0) is 16.9. The summed E-state index contributed by atoms with van der Waals surface area (Å²) in [7, 11) is 1.55. The second-order valence-electron chi connectivity index (χ2n) is 5.23. The summed E-state index contributed by atoms with van der Waals surface area (Å²) < 4.78 is 42.4. The van der Waals surface area contributed by atoms with Crippen LogP contribution >= 0.6 is 0 Å². The number of anilines is 1. The number of hydrogen-bond acceptors (Lipinski definition) is 4. The van der Waals surface area contributed by atoms with Gasteiger partial charge in [-0.3, -0.25) is 0 Å². The van der Waals surface area contributed by atoms with Crippen molar-refractivity contribution in [3.63, 3.8) is 0 Å². The third-order valence-corrected chi connectivity index (χ3v) is 3.51. The number of rotatable bonds is 5. The molecule has 0 aliphatic carbocycles. The Morgan fingerprint density at radius 1 is 1.48 bits per heavy atom. The molecule has 0 unspecified atom stereocenters. The summed E-state index contributed by atoms with van der Waals surface area (Å²) in [5, 5.41) is 5.47. The highest BCUT2D eigenvalue weighted by Crippen LogP contribution is 2.29. The molecular formula is C14H19F3N4O2. The van der Waals surface area contributed by atoms with E-state index in [1.54, 1.807) is 7.11 Å². The van der Waals surface area contributed by atoms with E-state index in [2.05, 4.69) is 15.6 Å². The third-order valence-electron chi connectivity index (χ3n) is 3.51. The van der Waals surface area contributed by atoms with Gasteiger partial charge in [0.2, 0.25) is 0 Å². The molecule has 1 saturated heterocycles. The van der Waals surface area contributed by atoms with E-state index in [4.69, 9.17) is 4.74 Å². The van der Waals surface area contributed by atoms with Crippen molar-refractivity contribution in [3.05, 3.63) is 23.9 Å². The second-order valence-corrected chi connectivity index (χ2v) is 5.23. The minimum atomic E-state index is -4.39. The van der Waals surface area contributed by atoms with Crippen LogP contribution in [-0.2, 0) is 10.9 Å². The first-order valence-electron chi connectivity index (χ1n) is 7.21. The van der Waals surface area contributed by atoms with Gasteiger partial charge in [0.05, 0.1) is 12.2 Å². The molecule has 0 aromatic carbocycles. The number of pyridine rings is 1. The molecule has 0 saturated carbocycles. The highest BCUT2D eigenvalue weighted by molar-refractivity contribution is 5.74. The lowest BCUT2D eigenvalue weighted by molar-refractivity contribution is -0.137. The van der Waals surface area contributed by atoms with Crippen LogP contribution in [0.15, 0.2) is 18.3 Å². The van der Waals surface area contributed by atoms with Crippen LogP contribution in [0.3, 0.4) is 0 Å². The largest absolute Gasteiger partial charge is 0.417 e. The molecule has 2 N–H and O–H groups in total. The van der Waals surface area contributed by atoms with Gasteiger partial charge in [0.1, 0.15) is 5.82 Å². The SMILES string of the molecule is COCCNC(=O)N[C@@H]1CCN(c2ccc(C(F)(F)F)cn2)C1. The van der Waals surface area contributed by atoms with E-state index in [1.165, 1.54) is 6.07 Å². The molecule has 1 aliphatic heterocycles. The summed E-state index contributed by atoms with van der Waals surface area (Å²) in [5.41, 5.74) is -0.771. The van der Waals surface area contributed by atoms with E-state index >= 15 is 0 Å². The van der Waals surface area contributed by atoms with E-state index in [1.807, 2.05) is 4.90 Å². The van der Waals surface area contributed by atoms with Crippen LogP contribution < -0.4 is 15.5 Å². The van der Waals surface area contributed by atoms with Crippen LogP contribution in [0, 0.1) is 0 Å². The predicted octanol–water partition coefficient (Wildman–Crippen LogP) is 1.62. The fourth-order valence-electron chi connectivity index (χ4n) is 2.33. The van der Waals surface area contributed by atoms with E-state index in [-0.39, 0.29) is 12.1 Å². The Bertz CT molecular complexity index is 522. The van der Waals surface area contributed by atoms with Crippen molar-refractivity contribution >= 4 is 11.8 Å². The molecule has 1 aromatic heterocycles. The molecule has 2 amide bonds. The Kier molecular flexibility index (Phi) is 5.64. The lowest BCUT2D eigenvalue weighted by Gasteiger charge is -2.18. The number of ether oxygens (including phenoxy) is 1. The summed E-state index contributed by atoms with van der Waals surface area (Å²) in [4.78, 5) is 17.3. The molecule has 1 aromatic rings. The highest BCUT2D eigenvalue weighted by atomic mass is 19.4. The van der Waals surface area contributed by atoms with Gasteiger partial charge in [-0.2, -0.15) is 13.2 Å². The molecule has 1 atom stereocenters. The van der Waals surface area contributed by atoms with Gasteiger partial charge in [0, 0.05) is 39.0 Å². The van der Waals surface area contributed by atoms with E-state index < -0.39 is 11.7 Å². The van der Waals surface area contributed by atoms with Crippen LogP contribution in [0.25, 0.3) is 0 Å². The molecule has 128 valence electrons. The number of methoxy groups -OCH3 is 1. The molecule has 2 rings (SSSR count). The monoisotopic (exact) mass is 332 g/mol. The lowest BCUT2D eigenvalue weighted by Crippen LogP contribution is -2.44. The number of carbonyl (C=O) groups is 1. The van der Waals surface area contributed by atoms with E-state index in [0.717, 1.165) is 12.3 Å². The first-order valence-corrected chi connectivity index (χ1v) is 7.21. The van der Waals surface area contributed by atoms with Gasteiger partial charge in [-0.1, -0.05) is 0 Å². The molecule has 23 heavy (non-hydrogen) atoms. The molecule has 6 nitrogen and oxygen atoms in total. The first-order chi connectivity index (χ1) is 10.9. The summed E-state index contributed by atoms with van der Waals surface area (Å²) in [6, 6.07) is 2.01. The number of hydrogen-bond donors (Lipinski definition) is 2. The van der Waals surface area contributed by atoms with Crippen LogP contribution in [0.1, 0.15) is 12.0 Å². The number of aromatic nitrogens is 1. The molecule has 2 heterocycles. The standard InChI is InChI=1S/C14H19F3N4O2/c1-23-7-5-18-13(22)20-11-4-6-21(9-11)12-3-2-10(8-19-12)14(15,16)17/h2-3,8,11H,4-7,9H2,1H3,(H2,18,20,22)/t11-/m1/s1. The van der Waals surface area contributed by atoms with Crippen LogP contribution in [0.2, 0.25) is 0 Å². The smallest absolute Gasteiger partial charge is 0.383 e. The topological polar surface area (TPSA) is 66.5 Å². The van der Waals surface area contributed by atoms with Gasteiger partial charge in [0.15, 0.2) is 0 Å². The van der Waals surface area contributed by atoms with Crippen molar-refractivity contribution in [3.8, 4) is 0 Å². The number of nitrogens with zero attached hydrogens (tertiary/aromatic N) is 2. The molecular weight excluding hydrogens is 313 g/mol. The molecule has 9 heteroatoms. The third kappa shape index (κ3) is 4.98. The minimum absolute atomic E-state index is 0.0679. The van der Waals surface area contributed by atoms with E-state index in [0.29, 0.717) is 38.5 Å². The maximum Gasteiger partial charge on any atom is 0.417 e. The van der Waals surface area contributed by atoms with Gasteiger partial charge < -0.3 is 20.3 Å². The van der Waals surface area contributed by atoms with E-state index in [9.17, 15) is 18.0 Å². The van der Waals surface area contributed by atoms with Crippen molar-refractivity contribution in [2.24, 2.45) is 0 Å². The van der Waals surface area contributed by atoms with Gasteiger partial charge in [-0.15, -0.1) is 0 Å². The number of carbonyl (C=O) groups excluding carboxylic acids is 1. The fraction of sp³-hybridized carbons (Fsp3) is 0.571. The van der Waals surface area contributed by atoms with Gasteiger partial charge in [-0.25, -0.2) is 9.78 Å². The van der Waals surface area contributed by atoms with Crippen LogP contribution in [0.4, 0.5) is 23.8 Å². The van der Waals surface area contributed by atoms with Crippen molar-refractivity contribution in [1.82, 2.24) is 15.6 Å². The van der Waals surface area contributed by atoms with Gasteiger partial charge in [0.25, 0.3) is 0 Å². The van der Waals surface area contributed by atoms with Crippen molar-refractivity contribution in [2.75, 3.05) is 38.3 Å². The quantitative estimate of drug-likeness (QED) is 0.804. The Balaban J connectivity index is 1.84. The molecule has 0 spiro atoms. The molecule has 1 aliphatic rings. The fourth-order valence-corrected chi connectivity index (χ4v) is 2.33. The van der Waals surface area contributed by atoms with Crippen LogP contribution in [0.5, 0.6) is 0 Å². The number of alkyl halides is 3. The van der Waals surface area contributed by atoms with Crippen molar-refractivity contribution in [1.29, 1.82) is 0 Å². The van der Waals surface area contributed by atoms with Crippen molar-refractivity contribution < 1.29 is 22.7 Å². The summed E-state index contributed by atoms with van der Waals surface area (Å²) in [6.45, 7) is 1.98. The lowest BCUT2D eigenvalue weighted by atomic mass is 10.2. The van der Waals surface area contributed by atoms with Crippen molar-refractivity contribution in [2.45, 2.75) is 18.6 Å². The average Bonchev–Trinajstić information content (AvgIpc) is 2.95. The zero-order valence-corrected chi connectivity index (χ0v) is 12.7. The summed E-state index contributed by atoms with van der Waals surface area (Å²) in [6.07, 6.45) is -2.85. The molecule has 0 bridgehead atoms. The number of urea groups is 1. The molecule has 1 fully saturated rings. The summed E-state index contributed by atoms with van der Waals surface area (Å²) >= 11 is 0. The normalized spacial score (nSPS) is 18.1. The Labute approximate surface area is 132 Å². The zero-order valence-electron chi connectivity index (χ0n) is 12.7. The Hall–Kier alpha value is -2.03. The second kappa shape index (κ2) is 7.49.